The molecule has 0 aromatic heterocycles. The molecule has 0 saturated carbocycles. The van der Waals surface area contributed by atoms with Gasteiger partial charge in [-0.15, -0.1) is 0 Å². The van der Waals surface area contributed by atoms with Gasteiger partial charge in [0.1, 0.15) is 0 Å². The normalized spacial score (nSPS) is 8.89. The smallest absolute Gasteiger partial charge is 0.327 e. The van der Waals surface area contributed by atoms with Crippen molar-refractivity contribution >= 4 is 23.9 Å². The fraction of sp³-hybridized carbons (Fsp3) is 0.455. The van der Waals surface area contributed by atoms with E-state index in [1.807, 2.05) is 0 Å². The van der Waals surface area contributed by atoms with Crippen LogP contribution in [-0.2, 0) is 19.2 Å². The molecular weight excluding hydrogens is 488 g/mol. The molecule has 212 valence electrons. The number of carbonyl (C=O) groups is 4. The summed E-state index contributed by atoms with van der Waals surface area (Å²) < 4.78 is 0. The second-order valence-electron chi connectivity index (χ2n) is 6.74. The van der Waals surface area contributed by atoms with Crippen LogP contribution >= 0.6 is 0 Å². The lowest BCUT2D eigenvalue weighted by Gasteiger charge is -2.20. The number of carboxylic acid groups (broad SMARTS) is 4. The van der Waals surface area contributed by atoms with Gasteiger partial charge in [0.15, 0.2) is 0 Å². The molecule has 0 bridgehead atoms. The molecule has 0 heterocycles. The van der Waals surface area contributed by atoms with Crippen LogP contribution in [0.2, 0.25) is 0 Å². The van der Waals surface area contributed by atoms with Crippen molar-refractivity contribution in [3.8, 4) is 0 Å². The maximum absolute atomic E-state index is 9.25. The van der Waals surface area contributed by atoms with E-state index >= 15 is 0 Å². The number of carboxylic acids is 4. The van der Waals surface area contributed by atoms with E-state index in [1.54, 1.807) is 13.8 Å². The van der Waals surface area contributed by atoms with Crippen molar-refractivity contribution in [3.63, 3.8) is 0 Å². The van der Waals surface area contributed by atoms with Crippen LogP contribution < -0.4 is 0 Å². The van der Waals surface area contributed by atoms with Gasteiger partial charge in [-0.3, -0.25) is 0 Å². The molecule has 0 amide bonds. The Kier molecular flexibility index (Phi) is 40.4. The molecule has 0 rings (SSSR count). The predicted octanol–water partition coefficient (Wildman–Crippen LogP) is -1.03. The van der Waals surface area contributed by atoms with E-state index in [0.717, 1.165) is 24.3 Å². The Morgan fingerprint density at radius 2 is 0.556 bits per heavy atom. The van der Waals surface area contributed by atoms with Crippen LogP contribution in [0.25, 0.3) is 0 Å². The lowest BCUT2D eigenvalue weighted by atomic mass is 9.95. The number of aliphatic hydroxyl groups is 6. The number of hydrogen-bond acceptors (Lipinski definition) is 10. The molecule has 0 unspecified atom stereocenters. The van der Waals surface area contributed by atoms with Gasteiger partial charge in [-0.1, -0.05) is 40.2 Å². The molecule has 14 nitrogen and oxygen atoms in total. The second-order valence-corrected chi connectivity index (χ2v) is 6.74. The molecule has 0 fully saturated rings. The van der Waals surface area contributed by atoms with Crippen molar-refractivity contribution in [2.45, 2.75) is 13.8 Å². The highest BCUT2D eigenvalue weighted by atomic mass is 16.4. The van der Waals surface area contributed by atoms with Crippen LogP contribution in [0.15, 0.2) is 50.6 Å². The van der Waals surface area contributed by atoms with Gasteiger partial charge >= 0.3 is 23.9 Å². The zero-order valence-corrected chi connectivity index (χ0v) is 20.5. The summed E-state index contributed by atoms with van der Waals surface area (Å²) in [6.07, 6.45) is 3.33. The Morgan fingerprint density at radius 1 is 0.472 bits per heavy atom. The Morgan fingerprint density at radius 3 is 0.556 bits per heavy atom. The molecule has 0 atom stereocenters. The lowest BCUT2D eigenvalue weighted by Crippen LogP contribution is -2.29. The van der Waals surface area contributed by atoms with Gasteiger partial charge < -0.3 is 51.1 Å². The highest BCUT2D eigenvalue weighted by Gasteiger charge is 2.20. The van der Waals surface area contributed by atoms with Crippen molar-refractivity contribution in [1.82, 2.24) is 0 Å². The van der Waals surface area contributed by atoms with Gasteiger partial charge in [0.2, 0.25) is 0 Å². The summed E-state index contributed by atoms with van der Waals surface area (Å²) in [6.45, 7) is 14.0. The molecule has 0 aromatic carbocycles. The van der Waals surface area contributed by atoms with E-state index in [2.05, 4.69) is 26.3 Å². The van der Waals surface area contributed by atoms with Gasteiger partial charge in [-0.05, 0) is 0 Å². The van der Waals surface area contributed by atoms with Crippen molar-refractivity contribution in [2.24, 2.45) is 10.8 Å². The molecule has 0 aromatic rings. The summed E-state index contributed by atoms with van der Waals surface area (Å²) in [7, 11) is 0. The van der Waals surface area contributed by atoms with Crippen LogP contribution in [0.1, 0.15) is 13.8 Å². The molecule has 0 spiro atoms. The van der Waals surface area contributed by atoms with E-state index in [0.29, 0.717) is 0 Å². The van der Waals surface area contributed by atoms with Crippen LogP contribution in [0.5, 0.6) is 0 Å². The Labute approximate surface area is 209 Å². The highest BCUT2D eigenvalue weighted by molar-refractivity contribution is 5.79. The predicted molar refractivity (Wildman–Crippen MR) is 130 cm³/mol. The number of rotatable bonds is 10. The average molecular weight is 529 g/mol. The van der Waals surface area contributed by atoms with Crippen molar-refractivity contribution in [3.05, 3.63) is 50.6 Å². The minimum absolute atomic E-state index is 0.181. The van der Waals surface area contributed by atoms with Crippen molar-refractivity contribution in [2.75, 3.05) is 39.6 Å². The summed E-state index contributed by atoms with van der Waals surface area (Å²) in [6, 6.07) is 0. The summed E-state index contributed by atoms with van der Waals surface area (Å²) in [5.41, 5.74) is -1.42. The molecule has 0 saturated heterocycles. The van der Waals surface area contributed by atoms with Gasteiger partial charge in [0.25, 0.3) is 0 Å². The fourth-order valence-electron chi connectivity index (χ4n) is 0.300. The number of aliphatic hydroxyl groups excluding tert-OH is 6. The lowest BCUT2D eigenvalue weighted by molar-refractivity contribution is -0.132. The summed E-state index contributed by atoms with van der Waals surface area (Å²) in [5, 5.41) is 81.2. The third-order valence-electron chi connectivity index (χ3n) is 2.99. The molecule has 36 heavy (non-hydrogen) atoms. The zero-order chi connectivity index (χ0) is 30.4. The number of hydrogen-bond donors (Lipinski definition) is 10. The molecule has 10 N–H and O–H groups in total. The zero-order valence-electron chi connectivity index (χ0n) is 20.5. The minimum atomic E-state index is -0.981. The monoisotopic (exact) mass is 528 g/mol. The van der Waals surface area contributed by atoms with E-state index < -0.39 is 34.7 Å². The second kappa shape index (κ2) is 31.6. The minimum Gasteiger partial charge on any atom is -0.478 e. The summed E-state index contributed by atoms with van der Waals surface area (Å²) in [4.78, 5) is 37.0. The summed E-state index contributed by atoms with van der Waals surface area (Å²) >= 11 is 0. The molecule has 0 aliphatic heterocycles. The topological polar surface area (TPSA) is 271 Å². The van der Waals surface area contributed by atoms with Gasteiger partial charge in [0.05, 0.1) is 39.6 Å². The van der Waals surface area contributed by atoms with E-state index in [-0.39, 0.29) is 39.6 Å². The standard InChI is InChI=1S/2C5H12O3.4C3H4O2/c2*1-5(2-6,3-7)4-8;4*1-2-3(4)5/h2*6-8H,2-4H2,1H3;4*2H,1H2,(H,4,5). The largest absolute Gasteiger partial charge is 0.478 e. The van der Waals surface area contributed by atoms with E-state index in [4.69, 9.17) is 51.1 Å². The van der Waals surface area contributed by atoms with Crippen LogP contribution in [0.3, 0.4) is 0 Å². The molecule has 0 aliphatic carbocycles. The Balaban J connectivity index is -0.0000000762. The van der Waals surface area contributed by atoms with Crippen LogP contribution in [0.4, 0.5) is 0 Å². The van der Waals surface area contributed by atoms with Crippen molar-refractivity contribution < 1.29 is 70.2 Å². The average Bonchev–Trinajstić information content (AvgIpc) is 2.89. The highest BCUT2D eigenvalue weighted by Crippen LogP contribution is 2.11. The first-order valence-electron chi connectivity index (χ1n) is 9.52. The molecular formula is C22H40O14. The van der Waals surface area contributed by atoms with Crippen molar-refractivity contribution in [1.29, 1.82) is 0 Å². The van der Waals surface area contributed by atoms with Gasteiger partial charge in [0, 0.05) is 35.1 Å². The van der Waals surface area contributed by atoms with Gasteiger partial charge in [-0.25, -0.2) is 19.2 Å². The SMILES string of the molecule is C=CC(=O)O.C=CC(=O)O.C=CC(=O)O.C=CC(=O)O.CC(CO)(CO)CO.CC(CO)(CO)CO. The molecule has 0 radical (unpaired) electrons. The number of aliphatic carboxylic acids is 4. The van der Waals surface area contributed by atoms with Crippen LogP contribution in [-0.4, -0.2) is 115 Å². The Hall–Kier alpha value is -3.40. The van der Waals surface area contributed by atoms with E-state index in [1.165, 1.54) is 0 Å². The first-order chi connectivity index (χ1) is 16.4. The van der Waals surface area contributed by atoms with Crippen LogP contribution in [0, 0.1) is 10.8 Å². The molecule has 14 heteroatoms. The maximum atomic E-state index is 9.25. The quantitative estimate of drug-likeness (QED) is 0.152. The first-order valence-corrected chi connectivity index (χ1v) is 9.52. The maximum Gasteiger partial charge on any atom is 0.327 e. The first kappa shape index (κ1) is 46.0. The third kappa shape index (κ3) is 52.5. The van der Waals surface area contributed by atoms with E-state index in [9.17, 15) is 19.2 Å². The fourth-order valence-corrected chi connectivity index (χ4v) is 0.300. The van der Waals surface area contributed by atoms with Gasteiger partial charge in [-0.2, -0.15) is 0 Å². The summed E-state index contributed by atoms with van der Waals surface area (Å²) in [5.74, 6) is -3.93. The third-order valence-corrected chi connectivity index (χ3v) is 2.99. The molecule has 0 aliphatic rings. The Bertz CT molecular complexity index is 514.